The Hall–Kier alpha value is -6.95. The number of hydrogen-bond acceptors (Lipinski definition) is 13. The van der Waals surface area contributed by atoms with E-state index < -0.39 is 10.0 Å². The summed E-state index contributed by atoms with van der Waals surface area (Å²) in [5, 5.41) is 31.8. The number of aromatic nitrogens is 12. The highest BCUT2D eigenvalue weighted by Gasteiger charge is 2.25. The molecule has 23 heteroatoms. The van der Waals surface area contributed by atoms with E-state index in [1.54, 1.807) is 59.5 Å². The average Bonchev–Trinajstić information content (AvgIpc) is 3.72. The van der Waals surface area contributed by atoms with Gasteiger partial charge < -0.3 is 25.4 Å². The smallest absolute Gasteiger partial charge is 0.274 e. The fourth-order valence-corrected chi connectivity index (χ4v) is 10.0. The summed E-state index contributed by atoms with van der Waals surface area (Å²) in [6, 6.07) is 17.9. The number of benzene rings is 1. The van der Waals surface area contributed by atoms with Gasteiger partial charge in [0.05, 0.1) is 38.3 Å². The molecule has 4 N–H and O–H groups in total. The second-order valence-electron chi connectivity index (χ2n) is 26.8. The molecule has 3 aliphatic heterocycles. The van der Waals surface area contributed by atoms with Crippen molar-refractivity contribution in [1.29, 1.82) is 0 Å². The molecule has 0 spiro atoms. The molecule has 0 atom stereocenters. The van der Waals surface area contributed by atoms with E-state index in [4.69, 9.17) is 0 Å². The molecule has 3 aliphatic rings. The summed E-state index contributed by atoms with van der Waals surface area (Å²) < 4.78 is 38.0. The SMILES string of the molecule is CC(C)(C)n1ccc(C(=O)N2CCCCC2)n1.CC(C)(C)n1ccc(C(=O)NC2CCNCC2)n1.CC(C)(C)n1ccc(CN2CCNCC2)n1.CC(C)(C)n1ccc(NS(=O)(=O)c2ccccc2)n1.Cn1ccnc1-c1ccn(C(C)(C)C)n1. The highest BCUT2D eigenvalue weighted by molar-refractivity contribution is 7.92. The van der Waals surface area contributed by atoms with Crippen LogP contribution in [0, 0.1) is 0 Å². The largest absolute Gasteiger partial charge is 0.348 e. The van der Waals surface area contributed by atoms with Crippen LogP contribution >= 0.6 is 0 Å². The molecule has 2 amide bonds. The molecule has 0 unspecified atom stereocenters. The molecule has 1 aromatic carbocycles. The molecule has 0 saturated carbocycles. The van der Waals surface area contributed by atoms with Crippen molar-refractivity contribution in [2.24, 2.45) is 7.05 Å². The van der Waals surface area contributed by atoms with Gasteiger partial charge in [-0.05, 0) is 185 Å². The summed E-state index contributed by atoms with van der Waals surface area (Å²) in [5.41, 5.74) is 2.93. The molecule has 466 valence electrons. The van der Waals surface area contributed by atoms with Gasteiger partial charge in [0, 0.05) is 108 Å². The van der Waals surface area contributed by atoms with Crippen molar-refractivity contribution in [3.05, 3.63) is 121 Å². The highest BCUT2D eigenvalue weighted by atomic mass is 32.2. The number of likely N-dealkylation sites (tertiary alicyclic amines) is 1. The second kappa shape index (κ2) is 29.0. The van der Waals surface area contributed by atoms with Crippen LogP contribution in [-0.2, 0) is 51.3 Å². The zero-order valence-corrected chi connectivity index (χ0v) is 54.4. The summed E-state index contributed by atoms with van der Waals surface area (Å²) in [4.78, 5) is 33.1. The number of rotatable bonds is 9. The lowest BCUT2D eigenvalue weighted by molar-refractivity contribution is 0.0716. The van der Waals surface area contributed by atoms with Crippen LogP contribution in [0.5, 0.6) is 0 Å². The number of imidazole rings is 1. The molecule has 9 heterocycles. The van der Waals surface area contributed by atoms with E-state index >= 15 is 0 Å². The standard InChI is InChI=1S/C13H22N4O.C13H17N3O2S.C13H21N3O.C12H22N4.C11H16N4/c1-13(2,3)17-9-6-11(16-17)12(18)15-10-4-7-14-8-5-10;1-13(2,3)16-10-9-12(14-16)15-19(17,18)11-7-5-4-6-8-11;1-13(2,3)16-10-7-11(14-16)12(17)15-8-5-4-6-9-15;1-12(2,3)16-7-4-11(14-16)10-15-8-5-13-6-9-15;1-11(2,3)15-7-5-9(13-15)10-12-6-8-14(10)4/h6,9-10,14H,4-5,7-8H2,1-3H3,(H,15,18);4-10H,1-3H3,(H,14,15);7,10H,4-6,8-9H2,1-3H3;4,7,13H,5-6,8-10H2,1-3H3;5-8H,1-4H3. The number of hydrogen-bond donors (Lipinski definition) is 4. The van der Waals surface area contributed by atoms with Crippen molar-refractivity contribution >= 4 is 27.7 Å². The lowest BCUT2D eigenvalue weighted by Crippen LogP contribution is -2.43. The zero-order chi connectivity index (χ0) is 62.4. The fourth-order valence-electron chi connectivity index (χ4n) is 9.01. The van der Waals surface area contributed by atoms with Crippen molar-refractivity contribution in [3.8, 4) is 11.5 Å². The number of piperidine rings is 2. The number of aryl methyl sites for hydroxylation is 1. The van der Waals surface area contributed by atoms with Crippen LogP contribution < -0.4 is 20.7 Å². The monoisotopic (exact) mass is 1190 g/mol. The minimum atomic E-state index is -3.57. The number of anilines is 1. The first kappa shape index (κ1) is 67.2. The lowest BCUT2D eigenvalue weighted by atomic mass is 10.1. The van der Waals surface area contributed by atoms with Gasteiger partial charge in [-0.15, -0.1) is 0 Å². The number of carbonyl (C=O) groups excluding carboxylic acids is 2. The van der Waals surface area contributed by atoms with Crippen LogP contribution in [0.3, 0.4) is 0 Å². The zero-order valence-electron chi connectivity index (χ0n) is 53.6. The Kier molecular flexibility index (Phi) is 22.9. The Bertz CT molecular complexity index is 3260. The third-order valence-corrected chi connectivity index (χ3v) is 15.5. The molecular weight excluding hydrogens is 1090 g/mol. The normalized spacial score (nSPS) is 15.6. The summed E-state index contributed by atoms with van der Waals surface area (Å²) in [5.74, 6) is 1.23. The summed E-state index contributed by atoms with van der Waals surface area (Å²) in [6.45, 7) is 40.4. The van der Waals surface area contributed by atoms with Gasteiger partial charge in [0.1, 0.15) is 17.1 Å². The van der Waals surface area contributed by atoms with Crippen molar-refractivity contribution in [2.45, 2.75) is 181 Å². The predicted octanol–water partition coefficient (Wildman–Crippen LogP) is 8.90. The van der Waals surface area contributed by atoms with E-state index in [0.29, 0.717) is 17.2 Å². The minimum Gasteiger partial charge on any atom is -0.348 e. The lowest BCUT2D eigenvalue weighted by Gasteiger charge is -2.26. The van der Waals surface area contributed by atoms with Crippen molar-refractivity contribution in [3.63, 3.8) is 0 Å². The van der Waals surface area contributed by atoms with Crippen LogP contribution in [-0.4, -0.2) is 147 Å². The Morgan fingerprint density at radius 3 is 1.56 bits per heavy atom. The number of piperazine rings is 1. The van der Waals surface area contributed by atoms with Gasteiger partial charge in [-0.3, -0.25) is 42.6 Å². The van der Waals surface area contributed by atoms with Gasteiger partial charge >= 0.3 is 0 Å². The summed E-state index contributed by atoms with van der Waals surface area (Å²) >= 11 is 0. The van der Waals surface area contributed by atoms with Gasteiger partial charge in [-0.2, -0.15) is 25.5 Å². The van der Waals surface area contributed by atoms with E-state index in [9.17, 15) is 18.0 Å². The van der Waals surface area contributed by atoms with E-state index in [1.807, 2.05) is 92.9 Å². The number of carbonyl (C=O) groups is 2. The molecule has 3 fully saturated rings. The van der Waals surface area contributed by atoms with Gasteiger partial charge in [-0.1, -0.05) is 18.2 Å². The quantitative estimate of drug-likeness (QED) is 0.106. The minimum absolute atomic E-state index is 0.0173. The van der Waals surface area contributed by atoms with Gasteiger partial charge in [0.15, 0.2) is 11.6 Å². The van der Waals surface area contributed by atoms with Crippen molar-refractivity contribution in [1.82, 2.24) is 84.2 Å². The van der Waals surface area contributed by atoms with Crippen LogP contribution in [0.1, 0.15) is 163 Å². The molecule has 0 radical (unpaired) electrons. The molecule has 0 bridgehead atoms. The predicted molar refractivity (Wildman–Crippen MR) is 337 cm³/mol. The highest BCUT2D eigenvalue weighted by Crippen LogP contribution is 2.22. The first-order valence-electron chi connectivity index (χ1n) is 29.9. The Morgan fingerprint density at radius 2 is 1.05 bits per heavy atom. The molecule has 3 saturated heterocycles. The fraction of sp³-hybridized carbons (Fsp3) is 0.581. The third kappa shape index (κ3) is 20.6. The third-order valence-electron chi connectivity index (χ3n) is 14.1. The molecule has 6 aromatic heterocycles. The molecule has 7 aromatic rings. The first-order chi connectivity index (χ1) is 39.8. The second-order valence-corrected chi connectivity index (χ2v) is 28.5. The van der Waals surface area contributed by atoms with Gasteiger partial charge in [-0.25, -0.2) is 13.4 Å². The van der Waals surface area contributed by atoms with Crippen molar-refractivity contribution in [2.75, 3.05) is 57.1 Å². The Balaban J connectivity index is 0.000000171. The molecule has 22 nitrogen and oxygen atoms in total. The van der Waals surface area contributed by atoms with E-state index in [2.05, 4.69) is 151 Å². The topological polar surface area (TPSA) is 230 Å². The molecule has 85 heavy (non-hydrogen) atoms. The number of sulfonamides is 1. The van der Waals surface area contributed by atoms with E-state index in [1.165, 1.54) is 12.1 Å². The van der Waals surface area contributed by atoms with Crippen LogP contribution in [0.25, 0.3) is 11.5 Å². The Morgan fingerprint density at radius 1 is 0.553 bits per heavy atom. The molecular formula is C62H98N18O4S. The molecule has 10 rings (SSSR count). The first-order valence-corrected chi connectivity index (χ1v) is 31.4. The van der Waals surface area contributed by atoms with Crippen LogP contribution in [0.15, 0.2) is 109 Å². The van der Waals surface area contributed by atoms with Gasteiger partial charge in [0.2, 0.25) is 0 Å². The summed E-state index contributed by atoms with van der Waals surface area (Å²) in [7, 11) is -1.60. The number of amides is 2. The van der Waals surface area contributed by atoms with Crippen LogP contribution in [0.2, 0.25) is 0 Å². The summed E-state index contributed by atoms with van der Waals surface area (Å²) in [6.07, 6.45) is 18.7. The maximum atomic E-state index is 12.2. The number of nitrogens with one attached hydrogen (secondary N) is 4. The maximum absolute atomic E-state index is 12.2. The molecule has 0 aliphatic carbocycles. The maximum Gasteiger partial charge on any atom is 0.274 e. The van der Waals surface area contributed by atoms with E-state index in [-0.39, 0.29) is 50.4 Å². The van der Waals surface area contributed by atoms with Gasteiger partial charge in [0.25, 0.3) is 21.8 Å². The average molecular weight is 1190 g/mol. The Labute approximate surface area is 505 Å². The van der Waals surface area contributed by atoms with Crippen molar-refractivity contribution < 1.29 is 18.0 Å². The van der Waals surface area contributed by atoms with E-state index in [0.717, 1.165) is 96.1 Å². The van der Waals surface area contributed by atoms with Crippen LogP contribution in [0.4, 0.5) is 5.82 Å². The number of nitrogens with zero attached hydrogens (tertiary/aromatic N) is 14.